The van der Waals surface area contributed by atoms with Gasteiger partial charge in [0.1, 0.15) is 45.2 Å². The van der Waals surface area contributed by atoms with Crippen molar-refractivity contribution in [2.24, 2.45) is 0 Å². The second kappa shape index (κ2) is 12.6. The van der Waals surface area contributed by atoms with E-state index in [1.807, 2.05) is 11.4 Å². The van der Waals surface area contributed by atoms with E-state index >= 15 is 0 Å². The van der Waals surface area contributed by atoms with Crippen LogP contribution in [0.1, 0.15) is 16.1 Å². The van der Waals surface area contributed by atoms with Crippen LogP contribution in [0, 0.1) is 5.82 Å². The molecule has 0 amide bonds. The molecule has 0 aliphatic heterocycles. The molecule has 0 saturated heterocycles. The molecule has 0 aliphatic rings. The average Bonchev–Trinajstić information content (AvgIpc) is 3.43. The quantitative estimate of drug-likeness (QED) is 0.128. The molecule has 0 bridgehead atoms. The number of anilines is 2. The monoisotopic (exact) mass is 631 g/mol. The molecule has 14 heteroatoms. The highest BCUT2D eigenvalue weighted by molar-refractivity contribution is 7.90. The fraction of sp³-hybridized carbons (Fsp3) is 0.207. The van der Waals surface area contributed by atoms with Crippen LogP contribution in [-0.4, -0.2) is 41.9 Å². The number of alkyl halides is 3. The van der Waals surface area contributed by atoms with Crippen molar-refractivity contribution in [1.82, 2.24) is 20.3 Å². The molecule has 0 fully saturated rings. The molecule has 0 radical (unpaired) electrons. The van der Waals surface area contributed by atoms with Gasteiger partial charge in [-0.1, -0.05) is 18.2 Å². The summed E-state index contributed by atoms with van der Waals surface area (Å²) in [4.78, 5) is 13.1. The molecule has 0 spiro atoms. The second-order valence-corrected chi connectivity index (χ2v) is 12.8. The first-order chi connectivity index (χ1) is 20.4. The lowest BCUT2D eigenvalue weighted by Crippen LogP contribution is -2.21. The minimum absolute atomic E-state index is 0.0286. The van der Waals surface area contributed by atoms with Gasteiger partial charge in [-0.25, -0.2) is 27.8 Å². The summed E-state index contributed by atoms with van der Waals surface area (Å²) in [6.45, 7) is 0.488. The zero-order valence-corrected chi connectivity index (χ0v) is 24.3. The van der Waals surface area contributed by atoms with Gasteiger partial charge in [-0.2, -0.15) is 13.2 Å². The van der Waals surface area contributed by atoms with E-state index < -0.39 is 27.4 Å². The molecular weight excluding hydrogens is 606 g/mol. The predicted octanol–water partition coefficient (Wildman–Crippen LogP) is 6.37. The number of nitrogens with one attached hydrogen (secondary N) is 2. The molecule has 2 aromatic heterocycles. The number of ether oxygens (including phenoxy) is 1. The molecule has 3 aromatic carbocycles. The van der Waals surface area contributed by atoms with Gasteiger partial charge in [0.25, 0.3) is 0 Å². The molecule has 0 atom stereocenters. The van der Waals surface area contributed by atoms with Crippen LogP contribution in [0.5, 0.6) is 5.75 Å². The first kappa shape index (κ1) is 30.3. The molecule has 224 valence electrons. The molecule has 43 heavy (non-hydrogen) atoms. The molecule has 0 saturated carbocycles. The summed E-state index contributed by atoms with van der Waals surface area (Å²) >= 11 is 1.42. The minimum Gasteiger partial charge on any atom is -0.488 e. The molecule has 0 unspecified atom stereocenters. The van der Waals surface area contributed by atoms with Gasteiger partial charge in [-0.15, -0.1) is 11.3 Å². The second-order valence-electron chi connectivity index (χ2n) is 9.64. The van der Waals surface area contributed by atoms with Gasteiger partial charge in [-0.3, -0.25) is 0 Å². The number of thiazole rings is 1. The smallest absolute Gasteiger partial charge is 0.420 e. The highest BCUT2D eigenvalue weighted by atomic mass is 32.2. The van der Waals surface area contributed by atoms with Crippen LogP contribution in [0.2, 0.25) is 0 Å². The zero-order valence-electron chi connectivity index (χ0n) is 22.7. The Kier molecular flexibility index (Phi) is 8.89. The Hall–Kier alpha value is -4.14. The third kappa shape index (κ3) is 8.03. The van der Waals surface area contributed by atoms with Gasteiger partial charge >= 0.3 is 6.18 Å². The van der Waals surface area contributed by atoms with Crippen molar-refractivity contribution in [3.8, 4) is 17.0 Å². The third-order valence-electron chi connectivity index (χ3n) is 6.24. The van der Waals surface area contributed by atoms with Gasteiger partial charge in [0, 0.05) is 41.4 Å². The highest BCUT2D eigenvalue weighted by Crippen LogP contribution is 2.39. The van der Waals surface area contributed by atoms with Crippen molar-refractivity contribution in [3.05, 3.63) is 94.3 Å². The lowest BCUT2D eigenvalue weighted by molar-refractivity contribution is -0.139. The van der Waals surface area contributed by atoms with E-state index in [0.29, 0.717) is 41.1 Å². The van der Waals surface area contributed by atoms with Gasteiger partial charge in [0.2, 0.25) is 0 Å². The molecule has 2 heterocycles. The Labute approximate surface area is 248 Å². The maximum absolute atomic E-state index is 14.0. The van der Waals surface area contributed by atoms with Crippen molar-refractivity contribution in [3.63, 3.8) is 0 Å². The van der Waals surface area contributed by atoms with Crippen molar-refractivity contribution >= 4 is 43.6 Å². The van der Waals surface area contributed by atoms with Crippen LogP contribution in [-0.2, 0) is 29.2 Å². The number of benzene rings is 3. The number of aromatic nitrogens is 3. The number of nitrogens with zero attached hydrogens (tertiary/aromatic N) is 3. The number of hydrogen-bond acceptors (Lipinski definition) is 9. The van der Waals surface area contributed by atoms with Crippen LogP contribution in [0.25, 0.3) is 22.2 Å². The fourth-order valence-electron chi connectivity index (χ4n) is 4.17. The molecule has 0 aliphatic carbocycles. The summed E-state index contributed by atoms with van der Waals surface area (Å²) in [5, 5.41) is 9.23. The third-order valence-corrected chi connectivity index (χ3v) is 8.03. The average molecular weight is 632 g/mol. The normalized spacial score (nSPS) is 12.0. The van der Waals surface area contributed by atoms with E-state index in [0.717, 1.165) is 16.6 Å². The number of sulfone groups is 1. The van der Waals surface area contributed by atoms with Crippen molar-refractivity contribution in [1.29, 1.82) is 0 Å². The largest absolute Gasteiger partial charge is 0.488 e. The first-order valence-electron chi connectivity index (χ1n) is 12.9. The standard InChI is InChI=1S/C29H25F4N5O3S2/c1-43(39,40)10-9-34-14-27-38-25(16-42-27)19-5-7-24-22(12-19)28(36-17-35-24)37-21-6-8-26(23(13-21)29(31,32)33)41-15-18-3-2-4-20(30)11-18/h2-8,11-13,16-17,34H,9-10,14-15H2,1H3,(H,35,36,37). The van der Waals surface area contributed by atoms with E-state index in [9.17, 15) is 26.0 Å². The van der Waals surface area contributed by atoms with Crippen LogP contribution in [0.3, 0.4) is 0 Å². The van der Waals surface area contributed by atoms with Crippen LogP contribution in [0.4, 0.5) is 29.1 Å². The number of rotatable bonds is 11. The number of fused-ring (bicyclic) bond motifs is 1. The molecule has 5 aromatic rings. The van der Waals surface area contributed by atoms with E-state index in [-0.39, 0.29) is 23.8 Å². The van der Waals surface area contributed by atoms with Crippen LogP contribution >= 0.6 is 11.3 Å². The summed E-state index contributed by atoms with van der Waals surface area (Å²) in [6, 6.07) is 14.4. The summed E-state index contributed by atoms with van der Waals surface area (Å²) < 4.78 is 83.4. The van der Waals surface area contributed by atoms with Crippen LogP contribution in [0.15, 0.2) is 72.4 Å². The van der Waals surface area contributed by atoms with Gasteiger partial charge in [-0.05, 0) is 48.0 Å². The zero-order chi connectivity index (χ0) is 30.6. The topological polar surface area (TPSA) is 106 Å². The molecule has 2 N–H and O–H groups in total. The van der Waals surface area contributed by atoms with E-state index in [2.05, 4.69) is 25.6 Å². The number of halogens is 4. The van der Waals surface area contributed by atoms with Gasteiger partial charge in [0.05, 0.1) is 22.5 Å². The Morgan fingerprint density at radius 1 is 1.02 bits per heavy atom. The fourth-order valence-corrected chi connectivity index (χ4v) is 5.46. The Balaban J connectivity index is 1.36. The first-order valence-corrected chi connectivity index (χ1v) is 15.8. The van der Waals surface area contributed by atoms with E-state index in [4.69, 9.17) is 4.74 Å². The van der Waals surface area contributed by atoms with Crippen LogP contribution < -0.4 is 15.4 Å². The van der Waals surface area contributed by atoms with Crippen molar-refractivity contribution < 1.29 is 30.7 Å². The number of hydrogen-bond donors (Lipinski definition) is 2. The SMILES string of the molecule is CS(=O)(=O)CCNCc1nc(-c2ccc3ncnc(Nc4ccc(OCc5cccc(F)c5)c(C(F)(F)F)c4)c3c2)cs1. The van der Waals surface area contributed by atoms with Gasteiger partial charge in [0.15, 0.2) is 0 Å². The summed E-state index contributed by atoms with van der Waals surface area (Å²) in [5.41, 5.74) is 1.54. The predicted molar refractivity (Wildman–Crippen MR) is 158 cm³/mol. The minimum atomic E-state index is -4.71. The van der Waals surface area contributed by atoms with E-state index in [1.54, 1.807) is 18.2 Å². The molecule has 5 rings (SSSR count). The van der Waals surface area contributed by atoms with E-state index in [1.165, 1.54) is 54.3 Å². The maximum atomic E-state index is 14.0. The lowest BCUT2D eigenvalue weighted by Gasteiger charge is -2.16. The lowest BCUT2D eigenvalue weighted by atomic mass is 10.1. The maximum Gasteiger partial charge on any atom is 0.420 e. The molecular formula is C29H25F4N5O3S2. The Morgan fingerprint density at radius 2 is 1.86 bits per heavy atom. The Morgan fingerprint density at radius 3 is 2.63 bits per heavy atom. The summed E-state index contributed by atoms with van der Waals surface area (Å²) in [7, 11) is -3.06. The highest BCUT2D eigenvalue weighted by Gasteiger charge is 2.35. The Bertz CT molecular complexity index is 1860. The summed E-state index contributed by atoms with van der Waals surface area (Å²) in [5.74, 6) is -0.569. The van der Waals surface area contributed by atoms with Crippen molar-refractivity contribution in [2.75, 3.05) is 23.9 Å². The molecule has 8 nitrogen and oxygen atoms in total. The van der Waals surface area contributed by atoms with Crippen molar-refractivity contribution in [2.45, 2.75) is 19.3 Å². The van der Waals surface area contributed by atoms with Gasteiger partial charge < -0.3 is 15.4 Å². The summed E-state index contributed by atoms with van der Waals surface area (Å²) in [6.07, 6.45) is -2.22.